The van der Waals surface area contributed by atoms with Crippen LogP contribution >= 0.6 is 0 Å². The molecule has 15 heavy (non-hydrogen) atoms. The molecule has 0 aliphatic carbocycles. The maximum atomic E-state index is 9.18. The standard InChI is InChI=1S/C13H12O.CH4/c14-10-12-8-4-5-9-13(12)11-6-2-1-3-7-11;/h1-9,14H,10H2;1H4. The van der Waals surface area contributed by atoms with Gasteiger partial charge in [-0.3, -0.25) is 0 Å². The summed E-state index contributed by atoms with van der Waals surface area (Å²) in [4.78, 5) is 0. The zero-order valence-corrected chi connectivity index (χ0v) is 7.85. The highest BCUT2D eigenvalue weighted by atomic mass is 16.3. The largest absolute Gasteiger partial charge is 0.392 e. The second-order valence-corrected chi connectivity index (χ2v) is 3.18. The SMILES string of the molecule is C.OCc1ccccc1-c1ccccc1. The maximum absolute atomic E-state index is 9.18. The van der Waals surface area contributed by atoms with E-state index in [1.807, 2.05) is 42.5 Å². The monoisotopic (exact) mass is 200 g/mol. The Bertz CT molecular complexity index is 407. The van der Waals surface area contributed by atoms with E-state index in [1.54, 1.807) is 0 Å². The lowest BCUT2D eigenvalue weighted by molar-refractivity contribution is 0.282. The van der Waals surface area contributed by atoms with Crippen LogP contribution in [0.1, 0.15) is 13.0 Å². The van der Waals surface area contributed by atoms with Gasteiger partial charge in [0.2, 0.25) is 0 Å². The van der Waals surface area contributed by atoms with Crippen molar-refractivity contribution in [3.63, 3.8) is 0 Å². The van der Waals surface area contributed by atoms with Gasteiger partial charge in [0.05, 0.1) is 6.61 Å². The summed E-state index contributed by atoms with van der Waals surface area (Å²) < 4.78 is 0. The first-order valence-corrected chi connectivity index (χ1v) is 4.66. The van der Waals surface area contributed by atoms with Gasteiger partial charge < -0.3 is 5.11 Å². The minimum absolute atomic E-state index is 0. The number of aliphatic hydroxyl groups excluding tert-OH is 1. The van der Waals surface area contributed by atoms with Crippen LogP contribution in [0, 0.1) is 0 Å². The quantitative estimate of drug-likeness (QED) is 0.786. The molecule has 0 radical (unpaired) electrons. The van der Waals surface area contributed by atoms with E-state index < -0.39 is 0 Å². The lowest BCUT2D eigenvalue weighted by Gasteiger charge is -2.06. The van der Waals surface area contributed by atoms with Crippen LogP contribution in [-0.4, -0.2) is 5.11 Å². The third kappa shape index (κ3) is 2.45. The van der Waals surface area contributed by atoms with Crippen LogP contribution in [0.25, 0.3) is 11.1 Å². The lowest BCUT2D eigenvalue weighted by Crippen LogP contribution is -1.87. The summed E-state index contributed by atoms with van der Waals surface area (Å²) in [6, 6.07) is 18.0. The van der Waals surface area contributed by atoms with Crippen molar-refractivity contribution in [2.45, 2.75) is 14.0 Å². The normalized spacial score (nSPS) is 9.40. The Balaban J connectivity index is 0.00000112. The molecule has 0 saturated carbocycles. The van der Waals surface area contributed by atoms with Crippen LogP contribution in [0.15, 0.2) is 54.6 Å². The van der Waals surface area contributed by atoms with Crippen molar-refractivity contribution in [3.05, 3.63) is 60.2 Å². The molecule has 0 aliphatic heterocycles. The average molecular weight is 200 g/mol. The third-order valence-electron chi connectivity index (χ3n) is 2.27. The molecule has 0 saturated heterocycles. The molecule has 0 aromatic heterocycles. The Morgan fingerprint density at radius 2 is 1.40 bits per heavy atom. The van der Waals surface area contributed by atoms with E-state index in [2.05, 4.69) is 12.1 Å². The summed E-state index contributed by atoms with van der Waals surface area (Å²) >= 11 is 0. The van der Waals surface area contributed by atoms with E-state index in [4.69, 9.17) is 0 Å². The van der Waals surface area contributed by atoms with Crippen molar-refractivity contribution in [1.29, 1.82) is 0 Å². The van der Waals surface area contributed by atoms with Crippen molar-refractivity contribution in [3.8, 4) is 11.1 Å². The topological polar surface area (TPSA) is 20.2 Å². The molecule has 0 amide bonds. The third-order valence-corrected chi connectivity index (χ3v) is 2.27. The molecular formula is C14H16O. The molecular weight excluding hydrogens is 184 g/mol. The molecule has 2 aromatic carbocycles. The zero-order valence-electron chi connectivity index (χ0n) is 7.85. The number of hydrogen-bond donors (Lipinski definition) is 1. The molecule has 0 atom stereocenters. The van der Waals surface area contributed by atoms with E-state index >= 15 is 0 Å². The van der Waals surface area contributed by atoms with Gasteiger partial charge in [-0.25, -0.2) is 0 Å². The van der Waals surface area contributed by atoms with Gasteiger partial charge in [-0.05, 0) is 16.7 Å². The van der Waals surface area contributed by atoms with E-state index in [9.17, 15) is 5.11 Å². The summed E-state index contributed by atoms with van der Waals surface area (Å²) in [5, 5.41) is 9.18. The van der Waals surface area contributed by atoms with Gasteiger partial charge in [-0.15, -0.1) is 0 Å². The van der Waals surface area contributed by atoms with Crippen LogP contribution in [0.2, 0.25) is 0 Å². The van der Waals surface area contributed by atoms with Crippen LogP contribution in [0.3, 0.4) is 0 Å². The van der Waals surface area contributed by atoms with Gasteiger partial charge in [0.15, 0.2) is 0 Å². The Morgan fingerprint density at radius 3 is 2.07 bits per heavy atom. The Morgan fingerprint density at radius 1 is 0.800 bits per heavy atom. The van der Waals surface area contributed by atoms with Gasteiger partial charge in [0.1, 0.15) is 0 Å². The predicted octanol–water partition coefficient (Wildman–Crippen LogP) is 3.48. The molecule has 2 aromatic rings. The highest BCUT2D eigenvalue weighted by Gasteiger charge is 2.01. The van der Waals surface area contributed by atoms with Gasteiger partial charge >= 0.3 is 0 Å². The highest BCUT2D eigenvalue weighted by molar-refractivity contribution is 5.66. The van der Waals surface area contributed by atoms with Crippen molar-refractivity contribution in [2.24, 2.45) is 0 Å². The molecule has 0 fully saturated rings. The Labute approximate surface area is 91.0 Å². The van der Waals surface area contributed by atoms with Crippen molar-refractivity contribution < 1.29 is 5.11 Å². The summed E-state index contributed by atoms with van der Waals surface area (Å²) in [7, 11) is 0. The van der Waals surface area contributed by atoms with Crippen LogP contribution < -0.4 is 0 Å². The average Bonchev–Trinajstić information content (AvgIpc) is 2.30. The Hall–Kier alpha value is -1.60. The maximum Gasteiger partial charge on any atom is 0.0687 e. The predicted molar refractivity (Wildman–Crippen MR) is 64.5 cm³/mol. The van der Waals surface area contributed by atoms with Crippen molar-refractivity contribution in [2.75, 3.05) is 0 Å². The molecule has 0 bridgehead atoms. The first-order chi connectivity index (χ1) is 6.92. The van der Waals surface area contributed by atoms with Crippen molar-refractivity contribution in [1.82, 2.24) is 0 Å². The molecule has 0 unspecified atom stereocenters. The molecule has 0 heterocycles. The van der Waals surface area contributed by atoms with Crippen LogP contribution in [0.4, 0.5) is 0 Å². The van der Waals surface area contributed by atoms with Gasteiger partial charge in [-0.2, -0.15) is 0 Å². The molecule has 1 heteroatoms. The second kappa shape index (κ2) is 5.32. The van der Waals surface area contributed by atoms with E-state index in [0.29, 0.717) is 0 Å². The number of benzene rings is 2. The molecule has 0 aliphatic rings. The lowest BCUT2D eigenvalue weighted by atomic mass is 10.0. The van der Waals surface area contributed by atoms with Crippen LogP contribution in [0.5, 0.6) is 0 Å². The smallest absolute Gasteiger partial charge is 0.0687 e. The van der Waals surface area contributed by atoms with Gasteiger partial charge in [0, 0.05) is 0 Å². The fraction of sp³-hybridized carbons (Fsp3) is 0.143. The van der Waals surface area contributed by atoms with Gasteiger partial charge in [0.25, 0.3) is 0 Å². The van der Waals surface area contributed by atoms with E-state index in [-0.39, 0.29) is 14.0 Å². The number of hydrogen-bond acceptors (Lipinski definition) is 1. The number of aliphatic hydroxyl groups is 1. The van der Waals surface area contributed by atoms with Crippen LogP contribution in [-0.2, 0) is 6.61 Å². The Kier molecular flexibility index (Phi) is 4.07. The van der Waals surface area contributed by atoms with E-state index in [0.717, 1.165) is 16.7 Å². The minimum Gasteiger partial charge on any atom is -0.392 e. The minimum atomic E-state index is 0. The number of rotatable bonds is 2. The fourth-order valence-electron chi connectivity index (χ4n) is 1.56. The fourth-order valence-corrected chi connectivity index (χ4v) is 1.56. The molecule has 0 spiro atoms. The summed E-state index contributed by atoms with van der Waals surface area (Å²) in [5.41, 5.74) is 3.23. The molecule has 78 valence electrons. The highest BCUT2D eigenvalue weighted by Crippen LogP contribution is 2.22. The second-order valence-electron chi connectivity index (χ2n) is 3.18. The first kappa shape index (κ1) is 11.5. The van der Waals surface area contributed by atoms with Crippen molar-refractivity contribution >= 4 is 0 Å². The summed E-state index contributed by atoms with van der Waals surface area (Å²) in [6.45, 7) is 0.0884. The zero-order chi connectivity index (χ0) is 9.80. The molecule has 1 nitrogen and oxygen atoms in total. The molecule has 1 N–H and O–H groups in total. The molecule has 2 rings (SSSR count). The van der Waals surface area contributed by atoms with E-state index in [1.165, 1.54) is 0 Å². The summed E-state index contributed by atoms with van der Waals surface area (Å²) in [5.74, 6) is 0. The summed E-state index contributed by atoms with van der Waals surface area (Å²) in [6.07, 6.45) is 0. The first-order valence-electron chi connectivity index (χ1n) is 4.66. The van der Waals surface area contributed by atoms with Gasteiger partial charge in [-0.1, -0.05) is 62.0 Å².